The van der Waals surface area contributed by atoms with Crippen molar-refractivity contribution in [1.82, 2.24) is 10.0 Å². The van der Waals surface area contributed by atoms with Crippen molar-refractivity contribution >= 4 is 40.1 Å². The van der Waals surface area contributed by atoms with Crippen LogP contribution in [0.3, 0.4) is 0 Å². The minimum absolute atomic E-state index is 0. The molecule has 3 aromatic carbocycles. The first-order valence-corrected chi connectivity index (χ1v) is 14.5. The van der Waals surface area contributed by atoms with E-state index in [1.165, 1.54) is 5.56 Å². The Balaban J connectivity index is 0.00000456. The predicted octanol–water partition coefficient (Wildman–Crippen LogP) is 4.83. The lowest BCUT2D eigenvalue weighted by Crippen LogP contribution is -2.29. The maximum absolute atomic E-state index is 12.5. The Bertz CT molecular complexity index is 1220. The first-order chi connectivity index (χ1) is 16.8. The van der Waals surface area contributed by atoms with Crippen molar-refractivity contribution in [2.75, 3.05) is 25.1 Å². The molecular weight excluding hydrogens is 516 g/mol. The molecule has 194 valence electrons. The molecule has 3 aromatic rings. The van der Waals surface area contributed by atoms with Gasteiger partial charge in [-0.2, -0.15) is 0 Å². The van der Waals surface area contributed by atoms with E-state index in [1.807, 2.05) is 54.6 Å². The van der Waals surface area contributed by atoms with E-state index >= 15 is 0 Å². The number of hydrogen-bond acceptors (Lipinski definition) is 6. The zero-order valence-corrected chi connectivity index (χ0v) is 22.9. The van der Waals surface area contributed by atoms with Crippen LogP contribution in [0.5, 0.6) is 0 Å². The quantitative estimate of drug-likeness (QED) is 0.221. The van der Waals surface area contributed by atoms with Crippen LogP contribution in [-0.4, -0.2) is 44.5 Å². The standard InChI is InChI=1S/C27H32N2O4S2.ClH/c1-3-17-34-26-18-23(13-14-24(26)27(31)29-35(2,32)33)21-11-9-20(10-12-21)15-16-28-19-25(30)22-7-5-4-6-8-22;/h4-14,18,25,28,30H,3,15-17,19H2,1-2H3,(H,29,31);1H/t25-;/m0./s1. The van der Waals surface area contributed by atoms with Crippen LogP contribution in [0.15, 0.2) is 77.7 Å². The Kier molecular flexibility index (Phi) is 11.9. The second-order valence-corrected chi connectivity index (χ2v) is 11.2. The summed E-state index contributed by atoms with van der Waals surface area (Å²) in [5.41, 5.74) is 4.43. The van der Waals surface area contributed by atoms with Crippen molar-refractivity contribution in [3.05, 3.63) is 89.5 Å². The van der Waals surface area contributed by atoms with Gasteiger partial charge >= 0.3 is 0 Å². The molecule has 0 bridgehead atoms. The average molecular weight is 549 g/mol. The van der Waals surface area contributed by atoms with E-state index < -0.39 is 22.0 Å². The number of carbonyl (C=O) groups excluding carboxylic acids is 1. The highest BCUT2D eigenvalue weighted by atomic mass is 35.5. The largest absolute Gasteiger partial charge is 0.387 e. The summed E-state index contributed by atoms with van der Waals surface area (Å²) in [6, 6.07) is 23.3. The molecule has 0 aromatic heterocycles. The minimum atomic E-state index is -3.63. The number of hydrogen-bond donors (Lipinski definition) is 3. The zero-order valence-electron chi connectivity index (χ0n) is 20.4. The fourth-order valence-corrected chi connectivity index (χ4v) is 4.97. The molecule has 0 saturated carbocycles. The number of sulfonamides is 1. The van der Waals surface area contributed by atoms with Gasteiger partial charge in [-0.15, -0.1) is 24.2 Å². The lowest BCUT2D eigenvalue weighted by atomic mass is 10.0. The van der Waals surface area contributed by atoms with Gasteiger partial charge in [0.15, 0.2) is 0 Å². The summed E-state index contributed by atoms with van der Waals surface area (Å²) < 4.78 is 25.1. The maximum Gasteiger partial charge on any atom is 0.265 e. The average Bonchev–Trinajstić information content (AvgIpc) is 2.85. The highest BCUT2D eigenvalue weighted by molar-refractivity contribution is 7.99. The van der Waals surface area contributed by atoms with Gasteiger partial charge < -0.3 is 10.4 Å². The number of amides is 1. The van der Waals surface area contributed by atoms with Crippen molar-refractivity contribution in [3.8, 4) is 11.1 Å². The molecule has 36 heavy (non-hydrogen) atoms. The molecule has 0 fully saturated rings. The van der Waals surface area contributed by atoms with Crippen LogP contribution in [-0.2, 0) is 16.4 Å². The van der Waals surface area contributed by atoms with E-state index in [9.17, 15) is 18.3 Å². The molecule has 1 atom stereocenters. The van der Waals surface area contributed by atoms with E-state index in [4.69, 9.17) is 0 Å². The smallest absolute Gasteiger partial charge is 0.265 e. The summed E-state index contributed by atoms with van der Waals surface area (Å²) in [7, 11) is -3.63. The second kappa shape index (κ2) is 14.4. The third-order valence-electron chi connectivity index (χ3n) is 5.37. The number of thioether (sulfide) groups is 1. The molecule has 0 radical (unpaired) electrons. The Morgan fingerprint density at radius 2 is 1.67 bits per heavy atom. The summed E-state index contributed by atoms with van der Waals surface area (Å²) in [6.45, 7) is 3.31. The van der Waals surface area contributed by atoms with E-state index in [-0.39, 0.29) is 12.4 Å². The van der Waals surface area contributed by atoms with Crippen LogP contribution in [0.25, 0.3) is 11.1 Å². The summed E-state index contributed by atoms with van der Waals surface area (Å²) in [5, 5.41) is 13.6. The Hall–Kier alpha value is -2.36. The number of benzene rings is 3. The molecule has 1 amide bonds. The maximum atomic E-state index is 12.5. The molecule has 0 saturated heterocycles. The SMILES string of the molecule is CCCSc1cc(-c2ccc(CCNC[C@H](O)c3ccccc3)cc2)ccc1C(=O)NS(C)(=O)=O.Cl. The monoisotopic (exact) mass is 548 g/mol. The van der Waals surface area contributed by atoms with Crippen molar-refractivity contribution in [1.29, 1.82) is 0 Å². The molecule has 9 heteroatoms. The van der Waals surface area contributed by atoms with Gasteiger partial charge in [0.2, 0.25) is 10.0 Å². The zero-order chi connectivity index (χ0) is 25.3. The summed E-state index contributed by atoms with van der Waals surface area (Å²) in [5.74, 6) is 0.214. The van der Waals surface area contributed by atoms with Crippen LogP contribution in [0.1, 0.15) is 40.9 Å². The normalized spacial score (nSPS) is 12.0. The van der Waals surface area contributed by atoms with Crippen LogP contribution in [0, 0.1) is 0 Å². The Morgan fingerprint density at radius 3 is 2.31 bits per heavy atom. The highest BCUT2D eigenvalue weighted by Gasteiger charge is 2.16. The third kappa shape index (κ3) is 9.26. The van der Waals surface area contributed by atoms with E-state index in [0.717, 1.165) is 53.0 Å². The van der Waals surface area contributed by atoms with Gasteiger partial charge in [-0.1, -0.05) is 67.6 Å². The van der Waals surface area contributed by atoms with Crippen LogP contribution in [0.2, 0.25) is 0 Å². The van der Waals surface area contributed by atoms with Gasteiger partial charge in [0, 0.05) is 11.4 Å². The van der Waals surface area contributed by atoms with E-state index in [1.54, 1.807) is 17.8 Å². The van der Waals surface area contributed by atoms with Gasteiger partial charge in [-0.3, -0.25) is 4.79 Å². The topological polar surface area (TPSA) is 95.5 Å². The molecule has 0 aliphatic heterocycles. The van der Waals surface area contributed by atoms with Crippen LogP contribution in [0.4, 0.5) is 0 Å². The van der Waals surface area contributed by atoms with Crippen molar-refractivity contribution in [2.24, 2.45) is 0 Å². The molecular formula is C27H33ClN2O4S2. The van der Waals surface area contributed by atoms with Gasteiger partial charge in [-0.25, -0.2) is 13.1 Å². The highest BCUT2D eigenvalue weighted by Crippen LogP contribution is 2.30. The van der Waals surface area contributed by atoms with E-state index in [2.05, 4.69) is 29.1 Å². The van der Waals surface area contributed by atoms with Gasteiger partial charge in [-0.05, 0) is 59.5 Å². The molecule has 3 rings (SSSR count). The molecule has 0 spiro atoms. The van der Waals surface area contributed by atoms with Gasteiger partial charge in [0.25, 0.3) is 5.91 Å². The number of halogens is 1. The third-order valence-corrected chi connectivity index (χ3v) is 7.18. The number of aliphatic hydroxyl groups is 1. The molecule has 3 N–H and O–H groups in total. The van der Waals surface area contributed by atoms with Gasteiger partial charge in [0.05, 0.1) is 17.9 Å². The number of nitrogens with one attached hydrogen (secondary N) is 2. The Labute approximate surface area is 224 Å². The lowest BCUT2D eigenvalue weighted by Gasteiger charge is -2.13. The van der Waals surface area contributed by atoms with Crippen molar-refractivity contribution in [2.45, 2.75) is 30.8 Å². The molecule has 6 nitrogen and oxygen atoms in total. The van der Waals surface area contributed by atoms with E-state index in [0.29, 0.717) is 12.1 Å². The van der Waals surface area contributed by atoms with Gasteiger partial charge in [0.1, 0.15) is 0 Å². The van der Waals surface area contributed by atoms with Crippen LogP contribution < -0.4 is 10.0 Å². The molecule has 0 aliphatic rings. The number of aliphatic hydroxyl groups excluding tert-OH is 1. The van der Waals surface area contributed by atoms with Crippen LogP contribution >= 0.6 is 24.2 Å². The molecule has 0 unspecified atom stereocenters. The fraction of sp³-hybridized carbons (Fsp3) is 0.296. The fourth-order valence-electron chi connectivity index (χ4n) is 3.57. The predicted molar refractivity (Wildman–Crippen MR) is 150 cm³/mol. The lowest BCUT2D eigenvalue weighted by molar-refractivity contribution is 0.0979. The summed E-state index contributed by atoms with van der Waals surface area (Å²) >= 11 is 1.54. The molecule has 0 aliphatic carbocycles. The van der Waals surface area contributed by atoms with Crippen molar-refractivity contribution in [3.63, 3.8) is 0 Å². The Morgan fingerprint density at radius 1 is 1.00 bits per heavy atom. The number of rotatable bonds is 12. The number of carbonyl (C=O) groups is 1. The minimum Gasteiger partial charge on any atom is -0.387 e. The first kappa shape index (κ1) is 29.9. The van der Waals surface area contributed by atoms with Crippen molar-refractivity contribution < 1.29 is 18.3 Å². The summed E-state index contributed by atoms with van der Waals surface area (Å²) in [4.78, 5) is 13.2. The second-order valence-electron chi connectivity index (χ2n) is 8.34. The first-order valence-electron chi connectivity index (χ1n) is 11.6. The summed E-state index contributed by atoms with van der Waals surface area (Å²) in [6.07, 6.45) is 2.22. The molecule has 0 heterocycles.